The highest BCUT2D eigenvalue weighted by atomic mass is 16.5. The highest BCUT2D eigenvalue weighted by molar-refractivity contribution is 6.40. The molecule has 19 heavy (non-hydrogen) atoms. The number of carbonyl (C=O) groups is 2. The molecule has 1 saturated heterocycles. The van der Waals surface area contributed by atoms with Gasteiger partial charge in [-0.05, 0) is 18.2 Å². The van der Waals surface area contributed by atoms with Gasteiger partial charge < -0.3 is 19.5 Å². The molecule has 1 aromatic carbocycles. The maximum atomic E-state index is 11.6. The quantitative estimate of drug-likeness (QED) is 0.641. The van der Waals surface area contributed by atoms with Gasteiger partial charge in [-0.25, -0.2) is 4.79 Å². The molecular formula is C13H15NO5. The summed E-state index contributed by atoms with van der Waals surface area (Å²) in [7, 11) is 1.41. The number of anilines is 1. The van der Waals surface area contributed by atoms with Crippen molar-refractivity contribution < 1.29 is 24.2 Å². The largest absolute Gasteiger partial charge is 0.496 e. The third kappa shape index (κ3) is 2.85. The summed E-state index contributed by atoms with van der Waals surface area (Å²) < 4.78 is 10.3. The minimum absolute atomic E-state index is 0.0685. The van der Waals surface area contributed by atoms with Crippen LogP contribution in [0.1, 0.15) is 10.4 Å². The van der Waals surface area contributed by atoms with E-state index in [0.717, 1.165) is 5.69 Å². The second-order valence-corrected chi connectivity index (χ2v) is 4.12. The topological polar surface area (TPSA) is 76.1 Å². The number of aliphatic carboxylic acids is 1. The van der Waals surface area contributed by atoms with Gasteiger partial charge in [-0.3, -0.25) is 4.79 Å². The number of nitrogens with zero attached hydrogens (tertiary/aromatic N) is 1. The summed E-state index contributed by atoms with van der Waals surface area (Å²) in [6.07, 6.45) is 0. The van der Waals surface area contributed by atoms with Crippen LogP contribution in [0, 0.1) is 0 Å². The molecule has 0 saturated carbocycles. The summed E-state index contributed by atoms with van der Waals surface area (Å²) in [5.41, 5.74) is 0.868. The molecule has 6 heteroatoms. The molecule has 0 aliphatic carbocycles. The van der Waals surface area contributed by atoms with Crippen LogP contribution >= 0.6 is 0 Å². The van der Waals surface area contributed by atoms with Gasteiger partial charge >= 0.3 is 5.97 Å². The van der Waals surface area contributed by atoms with E-state index in [-0.39, 0.29) is 11.3 Å². The second kappa shape index (κ2) is 5.71. The number of carbonyl (C=O) groups excluding carboxylic acids is 1. The van der Waals surface area contributed by atoms with Crippen molar-refractivity contribution in [2.75, 3.05) is 38.3 Å². The van der Waals surface area contributed by atoms with Crippen molar-refractivity contribution >= 4 is 17.4 Å². The zero-order chi connectivity index (χ0) is 13.8. The zero-order valence-corrected chi connectivity index (χ0v) is 10.6. The number of rotatable bonds is 4. The predicted octanol–water partition coefficient (Wildman–Crippen LogP) is 0.799. The first-order valence-corrected chi connectivity index (χ1v) is 5.92. The van der Waals surface area contributed by atoms with Crippen molar-refractivity contribution in [3.63, 3.8) is 0 Å². The molecule has 1 heterocycles. The normalized spacial score (nSPS) is 15.1. The van der Waals surface area contributed by atoms with Crippen LogP contribution in [0.15, 0.2) is 18.2 Å². The fourth-order valence-electron chi connectivity index (χ4n) is 2.01. The van der Waals surface area contributed by atoms with Crippen LogP contribution in [0.25, 0.3) is 0 Å². The average Bonchev–Trinajstić information content (AvgIpc) is 2.46. The lowest BCUT2D eigenvalue weighted by Gasteiger charge is -2.29. The van der Waals surface area contributed by atoms with Gasteiger partial charge in [0.05, 0.1) is 25.9 Å². The Morgan fingerprint density at radius 1 is 1.32 bits per heavy atom. The van der Waals surface area contributed by atoms with Gasteiger partial charge in [0, 0.05) is 18.8 Å². The van der Waals surface area contributed by atoms with Crippen LogP contribution in [0.5, 0.6) is 5.75 Å². The molecule has 102 valence electrons. The molecule has 0 spiro atoms. The Balaban J connectivity index is 2.34. The number of methoxy groups -OCH3 is 1. The molecule has 6 nitrogen and oxygen atoms in total. The standard InChI is InChI=1S/C13H15NO5/c1-18-11-3-2-9(14-4-6-19-7-5-14)8-10(11)12(15)13(16)17/h2-3,8H,4-7H2,1H3,(H,16,17). The molecule has 0 amide bonds. The van der Waals surface area contributed by atoms with Crippen molar-refractivity contribution in [1.29, 1.82) is 0 Å². The van der Waals surface area contributed by atoms with Gasteiger partial charge in [-0.15, -0.1) is 0 Å². The van der Waals surface area contributed by atoms with Crippen LogP contribution in [0.3, 0.4) is 0 Å². The molecule has 1 aliphatic rings. The zero-order valence-electron chi connectivity index (χ0n) is 10.6. The molecule has 1 aliphatic heterocycles. The Kier molecular flexibility index (Phi) is 4.01. The van der Waals surface area contributed by atoms with E-state index in [0.29, 0.717) is 26.3 Å². The minimum Gasteiger partial charge on any atom is -0.496 e. The van der Waals surface area contributed by atoms with Crippen molar-refractivity contribution in [3.05, 3.63) is 23.8 Å². The molecule has 0 radical (unpaired) electrons. The summed E-state index contributed by atoms with van der Waals surface area (Å²) in [6, 6.07) is 4.98. The lowest BCUT2D eigenvalue weighted by atomic mass is 10.1. The van der Waals surface area contributed by atoms with E-state index in [2.05, 4.69) is 0 Å². The smallest absolute Gasteiger partial charge is 0.377 e. The Hall–Kier alpha value is -2.08. The highest BCUT2D eigenvalue weighted by Gasteiger charge is 2.21. The van der Waals surface area contributed by atoms with E-state index >= 15 is 0 Å². The average molecular weight is 265 g/mol. The van der Waals surface area contributed by atoms with Crippen LogP contribution in [0.4, 0.5) is 5.69 Å². The van der Waals surface area contributed by atoms with Crippen LogP contribution < -0.4 is 9.64 Å². The fourth-order valence-corrected chi connectivity index (χ4v) is 2.01. The van der Waals surface area contributed by atoms with Gasteiger partial charge in [0.1, 0.15) is 5.75 Å². The molecule has 0 unspecified atom stereocenters. The first-order chi connectivity index (χ1) is 9.13. The lowest BCUT2D eigenvalue weighted by molar-refractivity contribution is -0.131. The van der Waals surface area contributed by atoms with Gasteiger partial charge in [0.15, 0.2) is 0 Å². The van der Waals surface area contributed by atoms with E-state index in [4.69, 9.17) is 14.6 Å². The molecule has 0 aromatic heterocycles. The number of hydrogen-bond donors (Lipinski definition) is 1. The van der Waals surface area contributed by atoms with Gasteiger partial charge in [0.25, 0.3) is 5.78 Å². The number of morpholine rings is 1. The SMILES string of the molecule is COc1ccc(N2CCOCC2)cc1C(=O)C(=O)O. The van der Waals surface area contributed by atoms with E-state index < -0.39 is 11.8 Å². The van der Waals surface area contributed by atoms with Crippen molar-refractivity contribution in [2.24, 2.45) is 0 Å². The summed E-state index contributed by atoms with van der Waals surface area (Å²) in [5, 5.41) is 8.82. The summed E-state index contributed by atoms with van der Waals surface area (Å²) in [6.45, 7) is 2.67. The van der Waals surface area contributed by atoms with E-state index in [1.165, 1.54) is 7.11 Å². The second-order valence-electron chi connectivity index (χ2n) is 4.12. The lowest BCUT2D eigenvalue weighted by Crippen LogP contribution is -2.36. The first kappa shape index (κ1) is 13.4. The fraction of sp³-hybridized carbons (Fsp3) is 0.385. The number of ether oxygens (including phenoxy) is 2. The number of carboxylic acid groups (broad SMARTS) is 1. The minimum atomic E-state index is -1.49. The first-order valence-electron chi connectivity index (χ1n) is 5.92. The summed E-state index contributed by atoms with van der Waals surface area (Å²) in [4.78, 5) is 24.5. The Morgan fingerprint density at radius 2 is 2.00 bits per heavy atom. The molecule has 1 aromatic rings. The number of carboxylic acids is 1. The van der Waals surface area contributed by atoms with Gasteiger partial charge in [-0.2, -0.15) is 0 Å². The highest BCUT2D eigenvalue weighted by Crippen LogP contribution is 2.26. The van der Waals surface area contributed by atoms with Crippen molar-refractivity contribution in [3.8, 4) is 5.75 Å². The molecular weight excluding hydrogens is 250 g/mol. The number of ketones is 1. The molecule has 0 bridgehead atoms. The Bertz CT molecular complexity index is 494. The molecule has 1 fully saturated rings. The van der Waals surface area contributed by atoms with Crippen molar-refractivity contribution in [1.82, 2.24) is 0 Å². The van der Waals surface area contributed by atoms with Gasteiger partial charge in [0.2, 0.25) is 0 Å². The Labute approximate surface area is 110 Å². The summed E-state index contributed by atoms with van der Waals surface area (Å²) in [5.74, 6) is -2.19. The number of benzene rings is 1. The third-order valence-electron chi connectivity index (χ3n) is 3.00. The monoisotopic (exact) mass is 265 g/mol. The number of Topliss-reactive ketones (excluding diaryl/α,β-unsaturated/α-hetero) is 1. The molecule has 0 atom stereocenters. The Morgan fingerprint density at radius 3 is 2.58 bits per heavy atom. The maximum Gasteiger partial charge on any atom is 0.377 e. The van der Waals surface area contributed by atoms with E-state index in [1.54, 1.807) is 12.1 Å². The molecule has 1 N–H and O–H groups in total. The van der Waals surface area contributed by atoms with Crippen LogP contribution in [-0.4, -0.2) is 50.3 Å². The third-order valence-corrected chi connectivity index (χ3v) is 3.00. The van der Waals surface area contributed by atoms with Crippen molar-refractivity contribution in [2.45, 2.75) is 0 Å². The van der Waals surface area contributed by atoms with Gasteiger partial charge in [-0.1, -0.05) is 0 Å². The molecule has 2 rings (SSSR count). The van der Waals surface area contributed by atoms with E-state index in [1.807, 2.05) is 11.0 Å². The van der Waals surface area contributed by atoms with E-state index in [9.17, 15) is 9.59 Å². The maximum absolute atomic E-state index is 11.6. The number of hydrogen-bond acceptors (Lipinski definition) is 5. The van der Waals surface area contributed by atoms with Crippen LogP contribution in [-0.2, 0) is 9.53 Å². The van der Waals surface area contributed by atoms with Crippen LogP contribution in [0.2, 0.25) is 0 Å². The summed E-state index contributed by atoms with van der Waals surface area (Å²) >= 11 is 0. The predicted molar refractivity (Wildman–Crippen MR) is 68.0 cm³/mol.